The van der Waals surface area contributed by atoms with Crippen LogP contribution in [0, 0.1) is 12.7 Å². The van der Waals surface area contributed by atoms with E-state index in [1.165, 1.54) is 24.4 Å². The number of hydrogen-bond donors (Lipinski definition) is 1. The fourth-order valence-electron chi connectivity index (χ4n) is 4.16. The average Bonchev–Trinajstić information content (AvgIpc) is 3.41. The van der Waals surface area contributed by atoms with Gasteiger partial charge in [-0.25, -0.2) is 8.91 Å². The highest BCUT2D eigenvalue weighted by Gasteiger charge is 2.25. The van der Waals surface area contributed by atoms with Crippen molar-refractivity contribution in [2.24, 2.45) is 0 Å². The minimum Gasteiger partial charge on any atom is -0.488 e. The predicted molar refractivity (Wildman–Crippen MR) is 126 cm³/mol. The molecule has 180 valence electrons. The summed E-state index contributed by atoms with van der Waals surface area (Å²) in [6.45, 7) is 6.98. The Morgan fingerprint density at radius 2 is 2.20 bits per heavy atom. The Labute approximate surface area is 205 Å². The van der Waals surface area contributed by atoms with Crippen LogP contribution in [0.5, 0.6) is 5.75 Å². The Bertz CT molecular complexity index is 1430. The van der Waals surface area contributed by atoms with Crippen molar-refractivity contribution in [2.45, 2.75) is 26.1 Å². The van der Waals surface area contributed by atoms with Crippen molar-refractivity contribution in [3.63, 3.8) is 0 Å². The van der Waals surface area contributed by atoms with E-state index in [1.54, 1.807) is 21.7 Å². The van der Waals surface area contributed by atoms with Gasteiger partial charge in [-0.05, 0) is 31.2 Å². The maximum Gasteiger partial charge on any atom is 0.246 e. The quantitative estimate of drug-likeness (QED) is 0.411. The molecule has 1 unspecified atom stereocenters. The molecule has 5 rings (SSSR count). The van der Waals surface area contributed by atoms with Crippen molar-refractivity contribution in [1.82, 2.24) is 29.3 Å². The van der Waals surface area contributed by atoms with Gasteiger partial charge < -0.3 is 14.7 Å². The molecule has 0 radical (unpaired) electrons. The Balaban J connectivity index is 1.48. The van der Waals surface area contributed by atoms with Crippen LogP contribution in [0.4, 0.5) is 4.39 Å². The van der Waals surface area contributed by atoms with E-state index in [1.807, 2.05) is 11.6 Å². The molecule has 0 spiro atoms. The molecular weight excluding hydrogens is 475 g/mol. The number of carbonyl (C=O) groups is 1. The summed E-state index contributed by atoms with van der Waals surface area (Å²) < 4.78 is 22.6. The molecule has 0 saturated heterocycles. The van der Waals surface area contributed by atoms with Crippen LogP contribution in [0.15, 0.2) is 49.4 Å². The maximum absolute atomic E-state index is 13.2. The second-order valence-electron chi connectivity index (χ2n) is 8.21. The topological polar surface area (TPSA) is 97.8 Å². The van der Waals surface area contributed by atoms with Crippen molar-refractivity contribution in [1.29, 1.82) is 0 Å². The third-order valence-corrected chi connectivity index (χ3v) is 6.30. The molecule has 1 amide bonds. The van der Waals surface area contributed by atoms with Gasteiger partial charge in [0.1, 0.15) is 29.8 Å². The number of rotatable bonds is 6. The molecule has 1 aliphatic rings. The first-order valence-corrected chi connectivity index (χ1v) is 11.3. The van der Waals surface area contributed by atoms with Crippen LogP contribution < -0.4 is 4.74 Å². The van der Waals surface area contributed by atoms with E-state index in [-0.39, 0.29) is 18.2 Å². The van der Waals surface area contributed by atoms with Crippen molar-refractivity contribution in [3.05, 3.63) is 77.2 Å². The Morgan fingerprint density at radius 1 is 1.37 bits per heavy atom. The number of nitrogens with zero attached hydrogens (tertiary/aromatic N) is 6. The zero-order valence-electron chi connectivity index (χ0n) is 18.9. The monoisotopic (exact) mass is 496 g/mol. The first kappa shape index (κ1) is 23.0. The van der Waals surface area contributed by atoms with Gasteiger partial charge in [0, 0.05) is 23.9 Å². The van der Waals surface area contributed by atoms with E-state index in [9.17, 15) is 14.3 Å². The molecule has 0 fully saturated rings. The van der Waals surface area contributed by atoms with Crippen molar-refractivity contribution < 1.29 is 19.0 Å². The molecule has 11 heteroatoms. The number of pyridine rings is 2. The molecule has 4 aromatic rings. The van der Waals surface area contributed by atoms with Gasteiger partial charge in [0.05, 0.1) is 47.6 Å². The fourth-order valence-corrected chi connectivity index (χ4v) is 4.39. The van der Waals surface area contributed by atoms with Gasteiger partial charge in [-0.2, -0.15) is 10.2 Å². The zero-order valence-corrected chi connectivity index (χ0v) is 19.6. The molecule has 0 aliphatic carbocycles. The van der Waals surface area contributed by atoms with Gasteiger partial charge in [0.2, 0.25) is 5.91 Å². The summed E-state index contributed by atoms with van der Waals surface area (Å²) in [4.78, 5) is 17.7. The molecule has 1 atom stereocenters. The SMILES string of the molecule is C=CC(=O)N1CCn2nc(-c3cc(OCC(O)c4ccc(F)cn4)c4c(Cl)cnn4c3)c(C)c2C1. The number of halogens is 2. The lowest BCUT2D eigenvalue weighted by Crippen LogP contribution is -2.37. The van der Waals surface area contributed by atoms with Crippen LogP contribution in [0.3, 0.4) is 0 Å². The summed E-state index contributed by atoms with van der Waals surface area (Å²) in [5.41, 5.74) is 4.18. The lowest BCUT2D eigenvalue weighted by molar-refractivity contribution is -0.127. The van der Waals surface area contributed by atoms with E-state index in [4.69, 9.17) is 21.4 Å². The number of fused-ring (bicyclic) bond motifs is 2. The van der Waals surface area contributed by atoms with Crippen molar-refractivity contribution >= 4 is 23.0 Å². The molecule has 4 aromatic heterocycles. The molecule has 5 heterocycles. The molecule has 0 saturated carbocycles. The summed E-state index contributed by atoms with van der Waals surface area (Å²) in [7, 11) is 0. The number of carbonyl (C=O) groups excluding carboxylic acids is 1. The highest BCUT2D eigenvalue weighted by molar-refractivity contribution is 6.34. The predicted octanol–water partition coefficient (Wildman–Crippen LogP) is 3.33. The molecule has 0 bridgehead atoms. The van der Waals surface area contributed by atoms with E-state index in [0.29, 0.717) is 35.9 Å². The summed E-state index contributed by atoms with van der Waals surface area (Å²) in [6.07, 6.45) is 4.60. The van der Waals surface area contributed by atoms with Gasteiger partial charge in [-0.3, -0.25) is 14.5 Å². The number of aromatic nitrogens is 5. The third-order valence-electron chi connectivity index (χ3n) is 6.02. The van der Waals surface area contributed by atoms with Gasteiger partial charge in [0.15, 0.2) is 0 Å². The van der Waals surface area contributed by atoms with Crippen LogP contribution in [0.1, 0.15) is 23.1 Å². The number of ether oxygens (including phenoxy) is 1. The van der Waals surface area contributed by atoms with Crippen molar-refractivity contribution in [3.8, 4) is 17.0 Å². The van der Waals surface area contributed by atoms with Crippen LogP contribution in [-0.2, 0) is 17.9 Å². The second-order valence-corrected chi connectivity index (χ2v) is 8.62. The molecular formula is C24H22ClFN6O3. The summed E-state index contributed by atoms with van der Waals surface area (Å²) >= 11 is 6.35. The number of aliphatic hydroxyl groups excluding tert-OH is 1. The van der Waals surface area contributed by atoms with E-state index in [0.717, 1.165) is 28.7 Å². The minimum atomic E-state index is -1.07. The molecule has 35 heavy (non-hydrogen) atoms. The first-order chi connectivity index (χ1) is 16.9. The molecule has 0 aromatic carbocycles. The second kappa shape index (κ2) is 9.12. The Kier molecular flexibility index (Phi) is 6.00. The summed E-state index contributed by atoms with van der Waals surface area (Å²) in [5.74, 6) is -0.201. The summed E-state index contributed by atoms with van der Waals surface area (Å²) in [6, 6.07) is 4.42. The van der Waals surface area contributed by atoms with Gasteiger partial charge >= 0.3 is 0 Å². The van der Waals surface area contributed by atoms with Crippen LogP contribution in [-0.4, -0.2) is 53.4 Å². The Morgan fingerprint density at radius 3 is 2.94 bits per heavy atom. The largest absolute Gasteiger partial charge is 0.488 e. The highest BCUT2D eigenvalue weighted by Crippen LogP contribution is 2.35. The smallest absolute Gasteiger partial charge is 0.246 e. The first-order valence-electron chi connectivity index (χ1n) is 10.9. The van der Waals surface area contributed by atoms with E-state index >= 15 is 0 Å². The average molecular weight is 497 g/mol. The molecule has 1 N–H and O–H groups in total. The molecule has 1 aliphatic heterocycles. The van der Waals surface area contributed by atoms with Gasteiger partial charge in [0.25, 0.3) is 0 Å². The number of aliphatic hydroxyl groups is 1. The standard InChI is InChI=1S/C24H22ClFN6O3/c1-3-22(34)30-6-7-31-19(12-30)14(2)23(29-31)15-8-21(24-17(25)10-28-32(24)11-15)35-13-20(33)18-5-4-16(26)9-27-18/h3-5,8-11,20,33H,1,6-7,12-13H2,2H3. The van der Waals surface area contributed by atoms with Crippen LogP contribution >= 0.6 is 11.6 Å². The molecule has 9 nitrogen and oxygen atoms in total. The highest BCUT2D eigenvalue weighted by atomic mass is 35.5. The zero-order chi connectivity index (χ0) is 24.7. The number of amides is 1. The normalized spacial score (nSPS) is 14.1. The van der Waals surface area contributed by atoms with Gasteiger partial charge in [-0.15, -0.1) is 0 Å². The lowest BCUT2D eigenvalue weighted by atomic mass is 10.1. The minimum absolute atomic E-state index is 0.115. The maximum atomic E-state index is 13.2. The van der Waals surface area contributed by atoms with E-state index < -0.39 is 11.9 Å². The van der Waals surface area contributed by atoms with E-state index in [2.05, 4.69) is 16.7 Å². The summed E-state index contributed by atoms with van der Waals surface area (Å²) in [5, 5.41) is 19.9. The van der Waals surface area contributed by atoms with Crippen molar-refractivity contribution in [2.75, 3.05) is 13.2 Å². The van der Waals surface area contributed by atoms with Gasteiger partial charge in [-0.1, -0.05) is 18.2 Å². The Hall–Kier alpha value is -3.76. The lowest BCUT2D eigenvalue weighted by Gasteiger charge is -2.27. The van der Waals surface area contributed by atoms with Crippen LogP contribution in [0.2, 0.25) is 5.02 Å². The number of hydrogen-bond acceptors (Lipinski definition) is 6. The fraction of sp³-hybridized carbons (Fsp3) is 0.250. The third kappa shape index (κ3) is 4.26. The van der Waals surface area contributed by atoms with Crippen LogP contribution in [0.25, 0.3) is 16.8 Å².